The average Bonchev–Trinajstić information content (AvgIpc) is 2.49. The highest BCUT2D eigenvalue weighted by Gasteiger charge is 2.18. The van der Waals surface area contributed by atoms with Crippen LogP contribution < -0.4 is 0 Å². The second-order valence-corrected chi connectivity index (χ2v) is 6.25. The molecule has 1 radical (unpaired) electrons. The zero-order valence-corrected chi connectivity index (χ0v) is 13.8. The summed E-state index contributed by atoms with van der Waals surface area (Å²) in [5.41, 5.74) is 1.44. The molecule has 0 aliphatic carbocycles. The quantitative estimate of drug-likeness (QED) is 0.391. The Morgan fingerprint density at radius 1 is 0.900 bits per heavy atom. The summed E-state index contributed by atoms with van der Waals surface area (Å²) in [4.78, 5) is 0. The van der Waals surface area contributed by atoms with E-state index in [0.29, 0.717) is 5.92 Å². The summed E-state index contributed by atoms with van der Waals surface area (Å²) in [6, 6.07) is 12.1. The zero-order valence-electron chi connectivity index (χ0n) is 13.8. The van der Waals surface area contributed by atoms with E-state index in [9.17, 15) is 0 Å². The maximum absolute atomic E-state index is 3.48. The van der Waals surface area contributed by atoms with Crippen molar-refractivity contribution in [2.75, 3.05) is 0 Å². The second kappa shape index (κ2) is 10.9. The summed E-state index contributed by atoms with van der Waals surface area (Å²) >= 11 is 0. The van der Waals surface area contributed by atoms with Crippen molar-refractivity contribution in [2.45, 2.75) is 84.5 Å². The molecule has 0 nitrogen and oxygen atoms in total. The van der Waals surface area contributed by atoms with Gasteiger partial charge in [0.25, 0.3) is 0 Å². The number of hydrogen-bond donors (Lipinski definition) is 0. The summed E-state index contributed by atoms with van der Waals surface area (Å²) in [5, 5.41) is 0. The van der Waals surface area contributed by atoms with Gasteiger partial charge in [-0.15, -0.1) is 0 Å². The monoisotopic (exact) mass is 273 g/mol. The lowest BCUT2D eigenvalue weighted by atomic mass is 9.81. The number of rotatable bonds is 11. The highest BCUT2D eigenvalue weighted by atomic mass is 14.2. The van der Waals surface area contributed by atoms with Crippen LogP contribution in [0.25, 0.3) is 0 Å². The Kier molecular flexibility index (Phi) is 9.45. The number of benzene rings is 1. The third kappa shape index (κ3) is 6.59. The van der Waals surface area contributed by atoms with Gasteiger partial charge in [0.1, 0.15) is 0 Å². The fourth-order valence-corrected chi connectivity index (χ4v) is 3.08. The molecule has 0 bridgehead atoms. The van der Waals surface area contributed by atoms with Crippen LogP contribution in [0.2, 0.25) is 0 Å². The van der Waals surface area contributed by atoms with Crippen molar-refractivity contribution in [3.63, 3.8) is 0 Å². The zero-order chi connectivity index (χ0) is 14.6. The van der Waals surface area contributed by atoms with Crippen LogP contribution in [0.15, 0.2) is 24.3 Å². The lowest BCUT2D eigenvalue weighted by molar-refractivity contribution is 0.382. The van der Waals surface area contributed by atoms with E-state index in [-0.39, 0.29) is 0 Å². The Bertz CT molecular complexity index is 314. The van der Waals surface area contributed by atoms with Gasteiger partial charge >= 0.3 is 0 Å². The van der Waals surface area contributed by atoms with Crippen LogP contribution in [-0.2, 0) is 0 Å². The van der Waals surface area contributed by atoms with Crippen molar-refractivity contribution in [3.8, 4) is 0 Å². The van der Waals surface area contributed by atoms with E-state index in [1.807, 2.05) is 0 Å². The Balaban J connectivity index is 2.51. The van der Waals surface area contributed by atoms with Crippen molar-refractivity contribution in [3.05, 3.63) is 35.9 Å². The molecule has 2 unspecified atom stereocenters. The van der Waals surface area contributed by atoms with Crippen molar-refractivity contribution in [2.24, 2.45) is 5.92 Å². The van der Waals surface area contributed by atoms with Crippen LogP contribution in [-0.4, -0.2) is 0 Å². The van der Waals surface area contributed by atoms with E-state index in [4.69, 9.17) is 0 Å². The predicted molar refractivity (Wildman–Crippen MR) is 90.1 cm³/mol. The molecule has 1 rings (SSSR count). The van der Waals surface area contributed by atoms with Gasteiger partial charge in [-0.2, -0.15) is 0 Å². The molecule has 0 amide bonds. The summed E-state index contributed by atoms with van der Waals surface area (Å²) in [5.74, 6) is 1.50. The summed E-state index contributed by atoms with van der Waals surface area (Å²) < 4.78 is 0. The van der Waals surface area contributed by atoms with E-state index in [1.54, 1.807) is 0 Å². The lowest BCUT2D eigenvalue weighted by Gasteiger charge is -2.24. The van der Waals surface area contributed by atoms with Crippen LogP contribution >= 0.6 is 0 Å². The molecule has 1 aromatic carbocycles. The molecule has 2 atom stereocenters. The van der Waals surface area contributed by atoms with E-state index >= 15 is 0 Å². The minimum absolute atomic E-state index is 0.712. The molecule has 0 spiro atoms. The van der Waals surface area contributed by atoms with Gasteiger partial charge in [0.2, 0.25) is 0 Å². The van der Waals surface area contributed by atoms with Crippen LogP contribution in [0.5, 0.6) is 0 Å². The molecule has 0 aliphatic rings. The van der Waals surface area contributed by atoms with E-state index < -0.39 is 0 Å². The molecule has 0 saturated heterocycles. The minimum Gasteiger partial charge on any atom is -0.0654 e. The molecule has 0 aliphatic heterocycles. The molecule has 0 heteroatoms. The molecule has 0 fully saturated rings. The Morgan fingerprint density at radius 3 is 2.30 bits per heavy atom. The Hall–Kier alpha value is -0.780. The van der Waals surface area contributed by atoms with Gasteiger partial charge < -0.3 is 0 Å². The van der Waals surface area contributed by atoms with Crippen molar-refractivity contribution in [1.29, 1.82) is 0 Å². The third-order valence-electron chi connectivity index (χ3n) is 4.45. The number of hydrogen-bond acceptors (Lipinski definition) is 0. The molecule has 113 valence electrons. The van der Waals surface area contributed by atoms with Crippen LogP contribution in [0.4, 0.5) is 0 Å². The summed E-state index contributed by atoms with van der Waals surface area (Å²) in [7, 11) is 0. The van der Waals surface area contributed by atoms with Gasteiger partial charge in [0.05, 0.1) is 0 Å². The Labute approximate surface area is 127 Å². The lowest BCUT2D eigenvalue weighted by Crippen LogP contribution is -2.10. The van der Waals surface area contributed by atoms with Gasteiger partial charge in [-0.1, -0.05) is 96.4 Å². The van der Waals surface area contributed by atoms with E-state index in [2.05, 4.69) is 51.1 Å². The first-order valence-electron chi connectivity index (χ1n) is 8.76. The van der Waals surface area contributed by atoms with Gasteiger partial charge in [-0.05, 0) is 29.9 Å². The van der Waals surface area contributed by atoms with E-state index in [0.717, 1.165) is 5.92 Å². The second-order valence-electron chi connectivity index (χ2n) is 6.25. The Morgan fingerprint density at radius 2 is 1.65 bits per heavy atom. The smallest absolute Gasteiger partial charge is 0.0130 e. The molecule has 1 aromatic rings. The van der Waals surface area contributed by atoms with Crippen molar-refractivity contribution in [1.82, 2.24) is 0 Å². The van der Waals surface area contributed by atoms with Crippen molar-refractivity contribution >= 4 is 0 Å². The largest absolute Gasteiger partial charge is 0.0654 e. The normalized spacial score (nSPS) is 14.2. The van der Waals surface area contributed by atoms with Crippen LogP contribution in [0, 0.1) is 12.0 Å². The van der Waals surface area contributed by atoms with Gasteiger partial charge in [-0.3, -0.25) is 0 Å². The molecular formula is C20H33. The van der Waals surface area contributed by atoms with Gasteiger partial charge in [-0.25, -0.2) is 0 Å². The number of unbranched alkanes of at least 4 members (excludes halogenated alkanes) is 5. The maximum atomic E-state index is 3.48. The minimum atomic E-state index is 0.712. The van der Waals surface area contributed by atoms with Crippen molar-refractivity contribution < 1.29 is 0 Å². The molecule has 20 heavy (non-hydrogen) atoms. The van der Waals surface area contributed by atoms with Crippen LogP contribution in [0.3, 0.4) is 0 Å². The molecule has 0 saturated carbocycles. The molecular weight excluding hydrogens is 240 g/mol. The maximum Gasteiger partial charge on any atom is -0.0130 e. The van der Waals surface area contributed by atoms with Gasteiger partial charge in [0.15, 0.2) is 0 Å². The van der Waals surface area contributed by atoms with Crippen LogP contribution in [0.1, 0.15) is 90.0 Å². The molecule has 0 heterocycles. The van der Waals surface area contributed by atoms with Gasteiger partial charge in [0, 0.05) is 0 Å². The fourth-order valence-electron chi connectivity index (χ4n) is 3.08. The van der Waals surface area contributed by atoms with E-state index in [1.165, 1.54) is 63.4 Å². The SMILES string of the molecule is CCCCCCCC(c1[c]cccc1)C(C)CCCC. The average molecular weight is 273 g/mol. The molecule has 0 aromatic heterocycles. The molecule has 0 N–H and O–H groups in total. The third-order valence-corrected chi connectivity index (χ3v) is 4.45. The fraction of sp³-hybridized carbons (Fsp3) is 0.700. The predicted octanol–water partition coefficient (Wildman–Crippen LogP) is 6.76. The first-order chi connectivity index (χ1) is 9.79. The highest BCUT2D eigenvalue weighted by Crippen LogP contribution is 2.32. The first-order valence-corrected chi connectivity index (χ1v) is 8.76. The summed E-state index contributed by atoms with van der Waals surface area (Å²) in [6.07, 6.45) is 12.3. The first kappa shape index (κ1) is 17.3. The highest BCUT2D eigenvalue weighted by molar-refractivity contribution is 5.18. The summed E-state index contributed by atoms with van der Waals surface area (Å²) in [6.45, 7) is 7.02. The topological polar surface area (TPSA) is 0 Å². The standard InChI is InChI=1S/C20H33/c1-4-6-8-9-13-17-20(18(3)14-7-5-2)19-15-11-10-12-16-19/h10-12,15,18,20H,4-9,13-14,17H2,1-3H3.